The summed E-state index contributed by atoms with van der Waals surface area (Å²) in [5.74, 6) is 0.517. The first kappa shape index (κ1) is 21.7. The highest BCUT2D eigenvalue weighted by Gasteiger charge is 2.47. The van der Waals surface area contributed by atoms with Gasteiger partial charge in [-0.25, -0.2) is 0 Å². The number of halogens is 1. The number of carbonyl (C=O) groups is 2. The first-order valence-corrected chi connectivity index (χ1v) is 11.0. The van der Waals surface area contributed by atoms with Gasteiger partial charge < -0.3 is 15.4 Å². The third kappa shape index (κ3) is 4.55. The van der Waals surface area contributed by atoms with Crippen molar-refractivity contribution in [3.8, 4) is 5.75 Å². The minimum Gasteiger partial charge on any atom is -0.496 e. The van der Waals surface area contributed by atoms with E-state index in [0.29, 0.717) is 27.9 Å². The largest absolute Gasteiger partial charge is 0.496 e. The lowest BCUT2D eigenvalue weighted by molar-refractivity contribution is -0.114. The summed E-state index contributed by atoms with van der Waals surface area (Å²) >= 11 is 6.36. The van der Waals surface area contributed by atoms with Crippen molar-refractivity contribution >= 4 is 29.1 Å². The molecule has 5 rings (SSSR count). The maximum absolute atomic E-state index is 13.5. The summed E-state index contributed by atoms with van der Waals surface area (Å²) < 4.78 is 5.46. The molecular weight excluding hydrogens is 414 g/mol. The average Bonchev–Trinajstić information content (AvgIpc) is 2.76. The van der Waals surface area contributed by atoms with Gasteiger partial charge in [-0.15, -0.1) is 0 Å². The third-order valence-corrected chi connectivity index (χ3v) is 6.69. The zero-order valence-corrected chi connectivity index (χ0v) is 18.7. The summed E-state index contributed by atoms with van der Waals surface area (Å²) in [4.78, 5) is 27.3. The number of nitrogens with one attached hydrogen (secondary N) is 2. The van der Waals surface area contributed by atoms with E-state index in [1.807, 2.05) is 18.2 Å². The van der Waals surface area contributed by atoms with Crippen molar-refractivity contribution in [1.82, 2.24) is 10.2 Å². The van der Waals surface area contributed by atoms with Crippen LogP contribution in [0.3, 0.4) is 0 Å². The van der Waals surface area contributed by atoms with Gasteiger partial charge in [0.25, 0.3) is 5.91 Å². The van der Waals surface area contributed by atoms with Crippen molar-refractivity contribution in [1.29, 1.82) is 0 Å². The van der Waals surface area contributed by atoms with Gasteiger partial charge in [-0.1, -0.05) is 41.9 Å². The standard InChI is InChI=1S/C24H28ClN3O3/c1-16(29)26-21-13-22(31-2)19(12-20(21)25)23(30)27-24(14-17-6-4-3-5-7-17)15-18-8-10-28(24)11-9-18/h3-7,12-13,18H,8-11,14-15H2,1-2H3,(H,26,29)(H,27,30). The number of fused-ring (bicyclic) bond motifs is 3. The number of hydrogen-bond donors (Lipinski definition) is 2. The molecule has 3 fully saturated rings. The predicted molar refractivity (Wildman–Crippen MR) is 122 cm³/mol. The van der Waals surface area contributed by atoms with Crippen LogP contribution in [0.2, 0.25) is 5.02 Å². The minimum absolute atomic E-state index is 0.225. The van der Waals surface area contributed by atoms with Gasteiger partial charge in [0.05, 0.1) is 29.0 Å². The SMILES string of the molecule is COc1cc(NC(C)=O)c(Cl)cc1C(=O)NC1(Cc2ccccc2)CC2CCN1CC2. The van der Waals surface area contributed by atoms with E-state index in [2.05, 4.69) is 27.7 Å². The van der Waals surface area contributed by atoms with Crippen LogP contribution in [-0.4, -0.2) is 42.6 Å². The number of benzene rings is 2. The highest BCUT2D eigenvalue weighted by molar-refractivity contribution is 6.34. The molecule has 1 unspecified atom stereocenters. The highest BCUT2D eigenvalue weighted by atomic mass is 35.5. The van der Waals surface area contributed by atoms with Gasteiger partial charge in [-0.05, 0) is 36.8 Å². The Morgan fingerprint density at radius 1 is 1.19 bits per heavy atom. The van der Waals surface area contributed by atoms with Crippen LogP contribution in [0.15, 0.2) is 42.5 Å². The Morgan fingerprint density at radius 2 is 1.90 bits per heavy atom. The molecule has 2 amide bonds. The van der Waals surface area contributed by atoms with E-state index in [4.69, 9.17) is 16.3 Å². The molecule has 31 heavy (non-hydrogen) atoms. The Balaban J connectivity index is 1.65. The van der Waals surface area contributed by atoms with Gasteiger partial charge in [-0.3, -0.25) is 14.5 Å². The van der Waals surface area contributed by atoms with Gasteiger partial charge >= 0.3 is 0 Å². The van der Waals surface area contributed by atoms with Crippen LogP contribution < -0.4 is 15.4 Å². The molecule has 0 aromatic heterocycles. The van der Waals surface area contributed by atoms with Crippen LogP contribution >= 0.6 is 11.6 Å². The van der Waals surface area contributed by atoms with Crippen molar-refractivity contribution in [3.63, 3.8) is 0 Å². The second-order valence-electron chi connectivity index (χ2n) is 8.50. The van der Waals surface area contributed by atoms with Crippen molar-refractivity contribution < 1.29 is 14.3 Å². The summed E-state index contributed by atoms with van der Waals surface area (Å²) in [6.07, 6.45) is 4.02. The maximum atomic E-state index is 13.5. The van der Waals surface area contributed by atoms with Gasteiger partial charge in [-0.2, -0.15) is 0 Å². The van der Waals surface area contributed by atoms with Crippen LogP contribution in [0.5, 0.6) is 5.75 Å². The van der Waals surface area contributed by atoms with Crippen molar-refractivity contribution in [3.05, 3.63) is 58.6 Å². The fourth-order valence-electron chi connectivity index (χ4n) is 4.93. The number of amides is 2. The molecule has 2 aromatic carbocycles. The number of anilines is 1. The normalized spacial score (nSPS) is 24.5. The fourth-order valence-corrected chi connectivity index (χ4v) is 5.14. The molecular formula is C24H28ClN3O3. The molecule has 2 aromatic rings. The summed E-state index contributed by atoms with van der Waals surface area (Å²) in [6, 6.07) is 13.4. The lowest BCUT2D eigenvalue weighted by atomic mass is 9.76. The van der Waals surface area contributed by atoms with E-state index >= 15 is 0 Å². The number of methoxy groups -OCH3 is 1. The number of hydrogen-bond acceptors (Lipinski definition) is 4. The smallest absolute Gasteiger partial charge is 0.256 e. The number of carbonyl (C=O) groups excluding carboxylic acids is 2. The molecule has 3 saturated heterocycles. The molecule has 0 spiro atoms. The zero-order valence-electron chi connectivity index (χ0n) is 17.9. The Kier molecular flexibility index (Phi) is 6.21. The van der Waals surface area contributed by atoms with Crippen molar-refractivity contribution in [2.45, 2.75) is 38.3 Å². The fraction of sp³-hybridized carbons (Fsp3) is 0.417. The second-order valence-corrected chi connectivity index (χ2v) is 8.90. The van der Waals surface area contributed by atoms with E-state index < -0.39 is 5.66 Å². The van der Waals surface area contributed by atoms with Crippen LogP contribution in [0.25, 0.3) is 0 Å². The number of rotatable bonds is 6. The van der Waals surface area contributed by atoms with Crippen LogP contribution in [0, 0.1) is 5.92 Å². The van der Waals surface area contributed by atoms with Crippen LogP contribution in [0.4, 0.5) is 5.69 Å². The molecule has 3 aliphatic heterocycles. The summed E-state index contributed by atoms with van der Waals surface area (Å²) in [6.45, 7) is 3.37. The Bertz CT molecular complexity index is 974. The molecule has 2 bridgehead atoms. The van der Waals surface area contributed by atoms with E-state index in [1.165, 1.54) is 32.4 Å². The minimum atomic E-state index is -0.437. The molecule has 6 nitrogen and oxygen atoms in total. The van der Waals surface area contributed by atoms with E-state index in [0.717, 1.165) is 25.9 Å². The monoisotopic (exact) mass is 441 g/mol. The number of nitrogens with zero attached hydrogens (tertiary/aromatic N) is 1. The summed E-state index contributed by atoms with van der Waals surface area (Å²) in [5.41, 5.74) is 1.54. The number of ether oxygens (including phenoxy) is 1. The maximum Gasteiger partial charge on any atom is 0.256 e. The van der Waals surface area contributed by atoms with Crippen LogP contribution in [0.1, 0.15) is 42.1 Å². The Labute approximate surface area is 187 Å². The summed E-state index contributed by atoms with van der Waals surface area (Å²) in [7, 11) is 1.50. The molecule has 1 atom stereocenters. The quantitative estimate of drug-likeness (QED) is 0.708. The first-order valence-electron chi connectivity index (χ1n) is 10.7. The molecule has 7 heteroatoms. The third-order valence-electron chi connectivity index (χ3n) is 6.38. The highest BCUT2D eigenvalue weighted by Crippen LogP contribution is 2.40. The van der Waals surface area contributed by atoms with Gasteiger partial charge in [0.1, 0.15) is 5.75 Å². The summed E-state index contributed by atoms with van der Waals surface area (Å²) in [5, 5.41) is 6.31. The first-order chi connectivity index (χ1) is 14.9. The molecule has 3 aliphatic rings. The van der Waals surface area contributed by atoms with E-state index in [1.54, 1.807) is 12.1 Å². The molecule has 0 radical (unpaired) electrons. The molecule has 2 N–H and O–H groups in total. The van der Waals surface area contributed by atoms with E-state index in [-0.39, 0.29) is 11.8 Å². The zero-order chi connectivity index (χ0) is 22.0. The molecule has 164 valence electrons. The van der Waals surface area contributed by atoms with Crippen molar-refractivity contribution in [2.24, 2.45) is 5.92 Å². The lowest BCUT2D eigenvalue weighted by Crippen LogP contribution is -2.68. The van der Waals surface area contributed by atoms with Gasteiger partial charge in [0.2, 0.25) is 5.91 Å². The van der Waals surface area contributed by atoms with Crippen LogP contribution in [-0.2, 0) is 11.2 Å². The molecule has 0 saturated carbocycles. The van der Waals surface area contributed by atoms with Gasteiger partial charge in [0, 0.05) is 32.5 Å². The Hall–Kier alpha value is -2.57. The van der Waals surface area contributed by atoms with Gasteiger partial charge in [0.15, 0.2) is 0 Å². The lowest BCUT2D eigenvalue weighted by Gasteiger charge is -2.54. The Morgan fingerprint density at radius 3 is 2.48 bits per heavy atom. The predicted octanol–water partition coefficient (Wildman–Crippen LogP) is 4.09. The number of piperidine rings is 3. The molecule has 0 aliphatic carbocycles. The second kappa shape index (κ2) is 8.89. The van der Waals surface area contributed by atoms with E-state index in [9.17, 15) is 9.59 Å². The van der Waals surface area contributed by atoms with Crippen molar-refractivity contribution in [2.75, 3.05) is 25.5 Å². The molecule has 3 heterocycles. The topological polar surface area (TPSA) is 70.7 Å². The average molecular weight is 442 g/mol.